The predicted octanol–water partition coefficient (Wildman–Crippen LogP) is 1.85. The van der Waals surface area contributed by atoms with Gasteiger partial charge >= 0.3 is 6.01 Å². The van der Waals surface area contributed by atoms with Gasteiger partial charge in [-0.05, 0) is 36.2 Å². The molecular formula is C18H16N6O3. The lowest BCUT2D eigenvalue weighted by atomic mass is 10.0. The molecule has 1 amide bonds. The van der Waals surface area contributed by atoms with Crippen LogP contribution in [0.25, 0.3) is 0 Å². The first kappa shape index (κ1) is 15.8. The van der Waals surface area contributed by atoms with Gasteiger partial charge in [0.25, 0.3) is 5.91 Å². The van der Waals surface area contributed by atoms with E-state index in [0.29, 0.717) is 5.95 Å². The minimum Gasteiger partial charge on any atom is -0.455 e. The van der Waals surface area contributed by atoms with Crippen LogP contribution in [0.5, 0.6) is 5.88 Å². The highest BCUT2D eigenvalue weighted by molar-refractivity contribution is 6.07. The van der Waals surface area contributed by atoms with Gasteiger partial charge in [0, 0.05) is 18.4 Å². The normalized spacial score (nSPS) is 15.7. The summed E-state index contributed by atoms with van der Waals surface area (Å²) in [6, 6.07) is 6.37. The summed E-state index contributed by atoms with van der Waals surface area (Å²) in [4.78, 5) is 26.4. The molecule has 9 nitrogen and oxygen atoms in total. The second-order valence-corrected chi connectivity index (χ2v) is 6.27. The van der Waals surface area contributed by atoms with Crippen molar-refractivity contribution in [3.05, 3.63) is 53.5 Å². The summed E-state index contributed by atoms with van der Waals surface area (Å²) in [6.07, 6.45) is 5.31. The Morgan fingerprint density at radius 3 is 3.07 bits per heavy atom. The van der Waals surface area contributed by atoms with Crippen LogP contribution < -0.4 is 20.3 Å². The maximum atomic E-state index is 12.6. The molecule has 0 aliphatic carbocycles. The fourth-order valence-electron chi connectivity index (χ4n) is 3.19. The SMILES string of the molecule is O=C1c2cnc(Nc3ccc4c(c3)CCNC4)nc2OCN1c1ncco1. The predicted molar refractivity (Wildman–Crippen MR) is 96.0 cm³/mol. The van der Waals surface area contributed by atoms with Crippen molar-refractivity contribution in [1.29, 1.82) is 0 Å². The fourth-order valence-corrected chi connectivity index (χ4v) is 3.19. The van der Waals surface area contributed by atoms with Crippen LogP contribution in [0.2, 0.25) is 0 Å². The third-order valence-electron chi connectivity index (χ3n) is 4.56. The van der Waals surface area contributed by atoms with E-state index in [2.05, 4.69) is 37.7 Å². The lowest BCUT2D eigenvalue weighted by Crippen LogP contribution is -2.39. The first-order valence-corrected chi connectivity index (χ1v) is 8.59. The Morgan fingerprint density at radius 2 is 2.19 bits per heavy atom. The number of fused-ring (bicyclic) bond motifs is 2. The zero-order valence-electron chi connectivity index (χ0n) is 14.3. The molecule has 0 fully saturated rings. The van der Waals surface area contributed by atoms with Gasteiger partial charge in [0.05, 0.1) is 6.20 Å². The van der Waals surface area contributed by atoms with E-state index in [4.69, 9.17) is 9.15 Å². The smallest absolute Gasteiger partial charge is 0.307 e. The molecule has 0 spiro atoms. The lowest BCUT2D eigenvalue weighted by molar-refractivity contribution is 0.0924. The second kappa shape index (κ2) is 6.36. The topological polar surface area (TPSA) is 105 Å². The average molecular weight is 364 g/mol. The van der Waals surface area contributed by atoms with Gasteiger partial charge in [-0.1, -0.05) is 6.07 Å². The maximum Gasteiger partial charge on any atom is 0.307 e. The zero-order valence-corrected chi connectivity index (χ0v) is 14.3. The highest BCUT2D eigenvalue weighted by atomic mass is 16.5. The number of nitrogens with zero attached hydrogens (tertiary/aromatic N) is 4. The molecule has 1 aromatic carbocycles. The summed E-state index contributed by atoms with van der Waals surface area (Å²) in [7, 11) is 0. The summed E-state index contributed by atoms with van der Waals surface area (Å²) in [5.74, 6) is 0.300. The molecular weight excluding hydrogens is 348 g/mol. The second-order valence-electron chi connectivity index (χ2n) is 6.27. The van der Waals surface area contributed by atoms with E-state index in [0.717, 1.165) is 25.2 Å². The van der Waals surface area contributed by atoms with Crippen LogP contribution in [0.1, 0.15) is 21.5 Å². The molecule has 0 saturated heterocycles. The highest BCUT2D eigenvalue weighted by Crippen LogP contribution is 2.27. The quantitative estimate of drug-likeness (QED) is 0.725. The molecule has 9 heteroatoms. The number of hydrogen-bond donors (Lipinski definition) is 2. The molecule has 0 atom stereocenters. The number of anilines is 3. The summed E-state index contributed by atoms with van der Waals surface area (Å²) < 4.78 is 10.8. The molecule has 2 aliphatic heterocycles. The number of aromatic nitrogens is 3. The molecule has 27 heavy (non-hydrogen) atoms. The average Bonchev–Trinajstić information content (AvgIpc) is 3.23. The van der Waals surface area contributed by atoms with Crippen molar-refractivity contribution in [3.8, 4) is 5.88 Å². The Labute approximate surface area is 154 Å². The van der Waals surface area contributed by atoms with Gasteiger partial charge in [0.1, 0.15) is 11.8 Å². The van der Waals surface area contributed by atoms with Crippen LogP contribution in [0.4, 0.5) is 17.7 Å². The van der Waals surface area contributed by atoms with E-state index in [9.17, 15) is 4.79 Å². The Kier molecular flexibility index (Phi) is 3.72. The van der Waals surface area contributed by atoms with Crippen molar-refractivity contribution in [2.75, 3.05) is 23.5 Å². The van der Waals surface area contributed by atoms with Gasteiger partial charge in [0.15, 0.2) is 6.73 Å². The lowest BCUT2D eigenvalue weighted by Gasteiger charge is -2.24. The van der Waals surface area contributed by atoms with Crippen molar-refractivity contribution in [1.82, 2.24) is 20.3 Å². The van der Waals surface area contributed by atoms with Crippen LogP contribution >= 0.6 is 0 Å². The van der Waals surface area contributed by atoms with Gasteiger partial charge in [-0.15, -0.1) is 0 Å². The number of carbonyl (C=O) groups excluding carboxylic acids is 1. The van der Waals surface area contributed by atoms with E-state index in [1.165, 1.54) is 34.7 Å². The number of rotatable bonds is 3. The molecule has 0 radical (unpaired) electrons. The molecule has 2 aliphatic rings. The molecule has 0 bridgehead atoms. The molecule has 3 aromatic rings. The van der Waals surface area contributed by atoms with Crippen molar-refractivity contribution >= 4 is 23.6 Å². The van der Waals surface area contributed by atoms with Crippen molar-refractivity contribution < 1.29 is 13.9 Å². The first-order chi connectivity index (χ1) is 13.3. The van der Waals surface area contributed by atoms with Crippen molar-refractivity contribution in [3.63, 3.8) is 0 Å². The minimum absolute atomic E-state index is 0.0192. The number of carbonyl (C=O) groups is 1. The first-order valence-electron chi connectivity index (χ1n) is 8.59. The Balaban J connectivity index is 1.38. The molecule has 0 saturated carbocycles. The Morgan fingerprint density at radius 1 is 1.22 bits per heavy atom. The number of amides is 1. The molecule has 4 heterocycles. The van der Waals surface area contributed by atoms with Crippen molar-refractivity contribution in [2.45, 2.75) is 13.0 Å². The molecule has 5 rings (SSSR count). The molecule has 136 valence electrons. The molecule has 0 unspecified atom stereocenters. The zero-order chi connectivity index (χ0) is 18.2. The van der Waals surface area contributed by atoms with Crippen LogP contribution in [0.15, 0.2) is 41.3 Å². The fraction of sp³-hybridized carbons (Fsp3) is 0.222. The monoisotopic (exact) mass is 364 g/mol. The summed E-state index contributed by atoms with van der Waals surface area (Å²) in [5, 5.41) is 6.53. The number of nitrogens with one attached hydrogen (secondary N) is 2. The molecule has 2 aromatic heterocycles. The third-order valence-corrected chi connectivity index (χ3v) is 4.56. The summed E-state index contributed by atoms with van der Waals surface area (Å²) in [5.41, 5.74) is 3.78. The van der Waals surface area contributed by atoms with Gasteiger partial charge < -0.3 is 19.8 Å². The van der Waals surface area contributed by atoms with Crippen LogP contribution in [-0.2, 0) is 13.0 Å². The number of ether oxygens (including phenoxy) is 1. The third kappa shape index (κ3) is 2.87. The number of oxazole rings is 1. The Bertz CT molecular complexity index is 1000. The van der Waals surface area contributed by atoms with E-state index < -0.39 is 0 Å². The van der Waals surface area contributed by atoms with Gasteiger partial charge in [-0.25, -0.2) is 14.9 Å². The molecule has 2 N–H and O–H groups in total. The van der Waals surface area contributed by atoms with E-state index >= 15 is 0 Å². The van der Waals surface area contributed by atoms with E-state index in [1.807, 2.05) is 6.07 Å². The highest BCUT2D eigenvalue weighted by Gasteiger charge is 2.31. The van der Waals surface area contributed by atoms with Crippen LogP contribution in [-0.4, -0.2) is 34.1 Å². The van der Waals surface area contributed by atoms with Crippen LogP contribution in [0.3, 0.4) is 0 Å². The van der Waals surface area contributed by atoms with Gasteiger partial charge in [-0.3, -0.25) is 4.79 Å². The van der Waals surface area contributed by atoms with Crippen LogP contribution in [0, 0.1) is 0 Å². The Hall–Kier alpha value is -3.46. The van der Waals surface area contributed by atoms with Gasteiger partial charge in [0.2, 0.25) is 11.8 Å². The van der Waals surface area contributed by atoms with Crippen molar-refractivity contribution in [2.24, 2.45) is 0 Å². The maximum absolute atomic E-state index is 12.6. The number of hydrogen-bond acceptors (Lipinski definition) is 8. The standard InChI is InChI=1S/C18H16N6O3/c25-16-14-9-21-17(22-13-2-1-12-8-19-4-3-11(12)7-13)23-15(14)27-10-24(16)18-20-5-6-26-18/h1-2,5-7,9,19H,3-4,8,10H2,(H,21,22,23). The summed E-state index contributed by atoms with van der Waals surface area (Å²) in [6.45, 7) is 1.85. The number of benzene rings is 1. The summed E-state index contributed by atoms with van der Waals surface area (Å²) >= 11 is 0. The van der Waals surface area contributed by atoms with E-state index in [-0.39, 0.29) is 30.1 Å². The minimum atomic E-state index is -0.313. The van der Waals surface area contributed by atoms with E-state index in [1.54, 1.807) is 0 Å². The largest absolute Gasteiger partial charge is 0.455 e. The van der Waals surface area contributed by atoms with Gasteiger partial charge in [-0.2, -0.15) is 4.98 Å².